The van der Waals surface area contributed by atoms with Crippen LogP contribution in [0.15, 0.2) is 23.0 Å². The molecule has 34 heavy (non-hydrogen) atoms. The van der Waals surface area contributed by atoms with Crippen LogP contribution in [0.25, 0.3) is 11.0 Å². The number of nitrogens with zero attached hydrogens (tertiary/aromatic N) is 3. The van der Waals surface area contributed by atoms with Crippen molar-refractivity contribution in [3.8, 4) is 0 Å². The molecule has 4 heterocycles. The molecular formula is C26H37N5O3. The van der Waals surface area contributed by atoms with Crippen LogP contribution in [0.1, 0.15) is 63.0 Å². The maximum atomic E-state index is 13.0. The van der Waals surface area contributed by atoms with Crippen molar-refractivity contribution in [1.29, 1.82) is 0 Å². The normalized spacial score (nSPS) is 23.5. The molecule has 3 fully saturated rings. The monoisotopic (exact) mass is 467 g/mol. The first-order chi connectivity index (χ1) is 16.5. The molecule has 2 N–H and O–H groups in total. The molecule has 1 aromatic carbocycles. The third-order valence-electron chi connectivity index (χ3n) is 8.23. The molecule has 3 aliphatic rings. The molecule has 0 saturated carbocycles. The van der Waals surface area contributed by atoms with E-state index in [4.69, 9.17) is 0 Å². The number of nitrogens with one attached hydrogen (secondary N) is 2. The standard InChI is InChI=1S/C26H37N5O3/c1-29-23-16-20(4-5-21(23)31(26(29)34)22-6-7-24(32)28-25(22)33)17-30-14-10-19(11-15-30)3-2-18-8-12-27-13-9-18/h4-5,16,18-19,22,27H,2-3,6-15,17H2,1H3,(H,28,32,33). The molecule has 0 bridgehead atoms. The third-order valence-corrected chi connectivity index (χ3v) is 8.23. The van der Waals surface area contributed by atoms with Crippen LogP contribution in [-0.4, -0.2) is 52.0 Å². The highest BCUT2D eigenvalue weighted by molar-refractivity contribution is 6.00. The number of carbonyl (C=O) groups excluding carboxylic acids is 2. The highest BCUT2D eigenvalue weighted by Crippen LogP contribution is 2.28. The van der Waals surface area contributed by atoms with E-state index in [1.54, 1.807) is 16.2 Å². The SMILES string of the molecule is Cn1c(=O)n(C2CCC(=O)NC2=O)c2ccc(CN3CCC(CCC4CCNCC4)CC3)cc21. The van der Waals surface area contributed by atoms with Gasteiger partial charge in [-0.05, 0) is 87.8 Å². The molecular weight excluding hydrogens is 430 g/mol. The highest BCUT2D eigenvalue weighted by atomic mass is 16.2. The second-order valence-electron chi connectivity index (χ2n) is 10.5. The summed E-state index contributed by atoms with van der Waals surface area (Å²) >= 11 is 0. The van der Waals surface area contributed by atoms with Crippen molar-refractivity contribution in [1.82, 2.24) is 24.7 Å². The van der Waals surface area contributed by atoms with Crippen LogP contribution in [0.5, 0.6) is 0 Å². The number of amides is 2. The van der Waals surface area contributed by atoms with Crippen molar-refractivity contribution < 1.29 is 9.59 Å². The first-order valence-electron chi connectivity index (χ1n) is 13.0. The van der Waals surface area contributed by atoms with E-state index in [1.165, 1.54) is 57.2 Å². The molecule has 8 nitrogen and oxygen atoms in total. The van der Waals surface area contributed by atoms with Crippen molar-refractivity contribution in [3.05, 3.63) is 34.2 Å². The van der Waals surface area contributed by atoms with Crippen LogP contribution in [-0.2, 0) is 23.2 Å². The van der Waals surface area contributed by atoms with Crippen molar-refractivity contribution in [2.45, 2.75) is 64.0 Å². The third kappa shape index (κ3) is 4.84. The summed E-state index contributed by atoms with van der Waals surface area (Å²) in [6, 6.07) is 5.49. The van der Waals surface area contributed by atoms with Crippen LogP contribution in [0, 0.1) is 11.8 Å². The van der Waals surface area contributed by atoms with Gasteiger partial charge < -0.3 is 5.32 Å². The quantitative estimate of drug-likeness (QED) is 0.637. The first-order valence-corrected chi connectivity index (χ1v) is 13.0. The lowest BCUT2D eigenvalue weighted by Gasteiger charge is -2.33. The van der Waals surface area contributed by atoms with Crippen molar-refractivity contribution >= 4 is 22.8 Å². The van der Waals surface area contributed by atoms with Gasteiger partial charge in [0.1, 0.15) is 6.04 Å². The molecule has 5 rings (SSSR count). The smallest absolute Gasteiger partial charge is 0.317 e. The minimum absolute atomic E-state index is 0.212. The maximum Gasteiger partial charge on any atom is 0.329 e. The number of benzene rings is 1. The fourth-order valence-corrected chi connectivity index (χ4v) is 6.07. The minimum atomic E-state index is -0.636. The molecule has 2 amide bonds. The predicted molar refractivity (Wildman–Crippen MR) is 131 cm³/mol. The van der Waals surface area contributed by atoms with Crippen LogP contribution in [0.2, 0.25) is 0 Å². The number of imidazole rings is 1. The van der Waals surface area contributed by atoms with Crippen LogP contribution in [0.4, 0.5) is 0 Å². The van der Waals surface area contributed by atoms with Crippen LogP contribution in [0.3, 0.4) is 0 Å². The second-order valence-corrected chi connectivity index (χ2v) is 10.5. The number of piperidine rings is 3. The van der Waals surface area contributed by atoms with E-state index in [1.807, 2.05) is 6.07 Å². The fourth-order valence-electron chi connectivity index (χ4n) is 6.07. The first kappa shape index (κ1) is 23.3. The largest absolute Gasteiger partial charge is 0.329 e. The lowest BCUT2D eigenvalue weighted by Crippen LogP contribution is -2.44. The number of hydrogen-bond acceptors (Lipinski definition) is 5. The number of rotatable bonds is 6. The Morgan fingerprint density at radius 1 is 0.912 bits per heavy atom. The number of imide groups is 1. The molecule has 184 valence electrons. The number of aromatic nitrogens is 2. The molecule has 8 heteroatoms. The van der Waals surface area contributed by atoms with Gasteiger partial charge in [-0.1, -0.05) is 18.9 Å². The van der Waals surface area contributed by atoms with Crippen molar-refractivity contribution in [2.75, 3.05) is 26.2 Å². The number of aryl methyl sites for hydroxylation is 1. The Morgan fingerprint density at radius 3 is 2.32 bits per heavy atom. The van der Waals surface area contributed by atoms with Gasteiger partial charge in [-0.15, -0.1) is 0 Å². The van der Waals surface area contributed by atoms with Gasteiger partial charge in [-0.2, -0.15) is 0 Å². The van der Waals surface area contributed by atoms with Gasteiger partial charge in [0, 0.05) is 20.0 Å². The molecule has 3 saturated heterocycles. The van der Waals surface area contributed by atoms with E-state index < -0.39 is 11.9 Å². The van der Waals surface area contributed by atoms with E-state index in [9.17, 15) is 14.4 Å². The van der Waals surface area contributed by atoms with Crippen LogP contribution < -0.4 is 16.3 Å². The van der Waals surface area contributed by atoms with Crippen molar-refractivity contribution in [3.63, 3.8) is 0 Å². The van der Waals surface area contributed by atoms with E-state index >= 15 is 0 Å². The number of fused-ring (bicyclic) bond motifs is 1. The van der Waals surface area contributed by atoms with Gasteiger partial charge in [0.05, 0.1) is 11.0 Å². The molecule has 2 aromatic rings. The van der Waals surface area contributed by atoms with E-state index in [-0.39, 0.29) is 18.0 Å². The number of likely N-dealkylation sites (tertiary alicyclic amines) is 1. The summed E-state index contributed by atoms with van der Waals surface area (Å²) in [5.41, 5.74) is 2.57. The highest BCUT2D eigenvalue weighted by Gasteiger charge is 2.31. The molecule has 1 aromatic heterocycles. The summed E-state index contributed by atoms with van der Waals surface area (Å²) in [7, 11) is 1.75. The van der Waals surface area contributed by atoms with Crippen LogP contribution >= 0.6 is 0 Å². The minimum Gasteiger partial charge on any atom is -0.317 e. The Labute approximate surface area is 200 Å². The maximum absolute atomic E-state index is 13.0. The Morgan fingerprint density at radius 2 is 1.62 bits per heavy atom. The zero-order valence-corrected chi connectivity index (χ0v) is 20.2. The summed E-state index contributed by atoms with van der Waals surface area (Å²) in [5, 5.41) is 5.83. The summed E-state index contributed by atoms with van der Waals surface area (Å²) in [5.74, 6) is 1.12. The van der Waals surface area contributed by atoms with Gasteiger partial charge in [0.25, 0.3) is 0 Å². The summed E-state index contributed by atoms with van der Waals surface area (Å²) in [6.07, 6.45) is 8.62. The Balaban J connectivity index is 1.21. The Bertz CT molecular complexity index is 1110. The average Bonchev–Trinajstić information content (AvgIpc) is 3.09. The number of carbonyl (C=O) groups is 2. The summed E-state index contributed by atoms with van der Waals surface area (Å²) in [4.78, 5) is 39.4. The average molecular weight is 468 g/mol. The van der Waals surface area contributed by atoms with Gasteiger partial charge >= 0.3 is 5.69 Å². The Kier molecular flexibility index (Phi) is 6.88. The second kappa shape index (κ2) is 10.0. The van der Waals surface area contributed by atoms with E-state index in [0.717, 1.165) is 42.5 Å². The molecule has 0 radical (unpaired) electrons. The molecule has 0 aliphatic carbocycles. The zero-order valence-electron chi connectivity index (χ0n) is 20.2. The van der Waals surface area contributed by atoms with Gasteiger partial charge in [-0.25, -0.2) is 4.79 Å². The molecule has 1 unspecified atom stereocenters. The summed E-state index contributed by atoms with van der Waals surface area (Å²) in [6.45, 7) is 5.52. The molecule has 1 atom stereocenters. The zero-order chi connectivity index (χ0) is 23.7. The summed E-state index contributed by atoms with van der Waals surface area (Å²) < 4.78 is 3.17. The topological polar surface area (TPSA) is 88.4 Å². The fraction of sp³-hybridized carbons (Fsp3) is 0.654. The molecule has 3 aliphatic heterocycles. The number of hydrogen-bond donors (Lipinski definition) is 2. The predicted octanol–water partition coefficient (Wildman–Crippen LogP) is 2.31. The lowest BCUT2D eigenvalue weighted by molar-refractivity contribution is -0.135. The molecule has 0 spiro atoms. The van der Waals surface area contributed by atoms with Gasteiger partial charge in [0.15, 0.2) is 0 Å². The Hall–Kier alpha value is -2.45. The van der Waals surface area contributed by atoms with Crippen molar-refractivity contribution in [2.24, 2.45) is 18.9 Å². The van der Waals surface area contributed by atoms with E-state index in [0.29, 0.717) is 6.42 Å². The van der Waals surface area contributed by atoms with E-state index in [2.05, 4.69) is 27.7 Å². The van der Waals surface area contributed by atoms with Gasteiger partial charge in [-0.3, -0.25) is 28.9 Å². The van der Waals surface area contributed by atoms with Gasteiger partial charge in [0.2, 0.25) is 11.8 Å². The lowest BCUT2D eigenvalue weighted by atomic mass is 9.85.